The Morgan fingerprint density at radius 1 is 1.07 bits per heavy atom. The van der Waals surface area contributed by atoms with Crippen molar-refractivity contribution in [3.05, 3.63) is 63.6 Å². The third-order valence-corrected chi connectivity index (χ3v) is 7.36. The van der Waals surface area contributed by atoms with Gasteiger partial charge in [0, 0.05) is 26.2 Å². The van der Waals surface area contributed by atoms with Gasteiger partial charge in [0.1, 0.15) is 0 Å². The molecule has 1 amide bonds. The Labute approximate surface area is 186 Å². The van der Waals surface area contributed by atoms with Crippen LogP contribution in [0, 0.1) is 6.92 Å². The number of carbonyl (C=O) groups is 1. The summed E-state index contributed by atoms with van der Waals surface area (Å²) in [5.41, 5.74) is 4.18. The van der Waals surface area contributed by atoms with Crippen LogP contribution in [-0.2, 0) is 14.8 Å². The maximum absolute atomic E-state index is 12.7. The molecule has 0 radical (unpaired) electrons. The van der Waals surface area contributed by atoms with E-state index < -0.39 is 10.0 Å². The van der Waals surface area contributed by atoms with Crippen molar-refractivity contribution in [3.8, 4) is 0 Å². The van der Waals surface area contributed by atoms with Crippen LogP contribution < -0.4 is 5.43 Å². The van der Waals surface area contributed by atoms with Gasteiger partial charge in [-0.3, -0.25) is 9.69 Å². The highest BCUT2D eigenvalue weighted by atomic mass is 35.5. The lowest BCUT2D eigenvalue weighted by Crippen LogP contribution is -2.50. The quantitative estimate of drug-likeness (QED) is 0.521. The molecule has 7 nitrogen and oxygen atoms in total. The highest BCUT2D eigenvalue weighted by Gasteiger charge is 2.28. The summed E-state index contributed by atoms with van der Waals surface area (Å²) in [5, 5.41) is 4.77. The van der Waals surface area contributed by atoms with Gasteiger partial charge in [0.05, 0.1) is 27.7 Å². The number of rotatable bonds is 6. The van der Waals surface area contributed by atoms with Gasteiger partial charge in [-0.1, -0.05) is 47.0 Å². The third-order valence-electron chi connectivity index (χ3n) is 4.70. The van der Waals surface area contributed by atoms with Crippen LogP contribution in [-0.4, -0.2) is 62.5 Å². The predicted octanol–water partition coefficient (Wildman–Crippen LogP) is 2.76. The summed E-state index contributed by atoms with van der Waals surface area (Å²) in [6, 6.07) is 11.8. The van der Waals surface area contributed by atoms with Crippen LogP contribution in [0.3, 0.4) is 0 Å². The zero-order valence-electron chi connectivity index (χ0n) is 16.4. The van der Waals surface area contributed by atoms with Crippen LogP contribution in [0.1, 0.15) is 11.1 Å². The molecule has 1 aliphatic heterocycles. The van der Waals surface area contributed by atoms with Crippen LogP contribution in [0.4, 0.5) is 0 Å². The van der Waals surface area contributed by atoms with Crippen LogP contribution in [0.2, 0.25) is 10.0 Å². The zero-order chi connectivity index (χ0) is 21.7. The van der Waals surface area contributed by atoms with E-state index in [0.717, 1.165) is 5.56 Å². The number of hydrazone groups is 1. The van der Waals surface area contributed by atoms with E-state index in [9.17, 15) is 13.2 Å². The van der Waals surface area contributed by atoms with Crippen LogP contribution in [0.15, 0.2) is 52.5 Å². The molecule has 2 aromatic carbocycles. The van der Waals surface area contributed by atoms with Crippen molar-refractivity contribution >= 4 is 45.3 Å². The van der Waals surface area contributed by atoms with E-state index >= 15 is 0 Å². The first kappa shape index (κ1) is 22.7. The molecule has 1 N–H and O–H groups in total. The summed E-state index contributed by atoms with van der Waals surface area (Å²) in [6.45, 7) is 3.64. The fraction of sp³-hybridized carbons (Fsp3) is 0.300. The monoisotopic (exact) mass is 468 g/mol. The van der Waals surface area contributed by atoms with E-state index in [0.29, 0.717) is 41.8 Å². The minimum absolute atomic E-state index is 0.136. The number of hydrogen-bond acceptors (Lipinski definition) is 5. The van der Waals surface area contributed by atoms with Crippen LogP contribution in [0.25, 0.3) is 0 Å². The molecular formula is C20H22Cl2N4O3S. The van der Waals surface area contributed by atoms with E-state index in [-0.39, 0.29) is 17.3 Å². The Morgan fingerprint density at radius 2 is 1.73 bits per heavy atom. The molecule has 0 bridgehead atoms. The maximum atomic E-state index is 12.7. The number of sulfonamides is 1. The van der Waals surface area contributed by atoms with Crippen LogP contribution >= 0.6 is 23.2 Å². The second-order valence-corrected chi connectivity index (χ2v) is 9.71. The van der Waals surface area contributed by atoms with Gasteiger partial charge >= 0.3 is 0 Å². The average Bonchev–Trinajstić information content (AvgIpc) is 2.71. The van der Waals surface area contributed by atoms with Gasteiger partial charge in [0.2, 0.25) is 10.0 Å². The molecule has 0 unspecified atom stereocenters. The van der Waals surface area contributed by atoms with Crippen molar-refractivity contribution in [2.24, 2.45) is 5.10 Å². The van der Waals surface area contributed by atoms with Gasteiger partial charge in [0.25, 0.3) is 5.91 Å². The molecule has 1 heterocycles. The minimum Gasteiger partial charge on any atom is -0.292 e. The fourth-order valence-corrected chi connectivity index (χ4v) is 4.73. The molecule has 0 aliphatic carbocycles. The summed E-state index contributed by atoms with van der Waals surface area (Å²) in [4.78, 5) is 14.3. The molecule has 1 saturated heterocycles. The van der Waals surface area contributed by atoms with Gasteiger partial charge < -0.3 is 0 Å². The van der Waals surface area contributed by atoms with E-state index in [2.05, 4.69) is 10.5 Å². The van der Waals surface area contributed by atoms with Gasteiger partial charge in [-0.2, -0.15) is 9.41 Å². The first-order valence-corrected chi connectivity index (χ1v) is 11.5. The minimum atomic E-state index is -3.52. The predicted molar refractivity (Wildman–Crippen MR) is 119 cm³/mol. The normalized spacial score (nSPS) is 16.1. The number of nitrogens with one attached hydrogen (secondary N) is 1. The number of piperazine rings is 1. The number of hydrogen-bond donors (Lipinski definition) is 1. The van der Waals surface area contributed by atoms with Crippen molar-refractivity contribution in [2.45, 2.75) is 11.8 Å². The Bertz CT molecular complexity index is 1030. The molecule has 0 saturated carbocycles. The van der Waals surface area contributed by atoms with Gasteiger partial charge in [-0.25, -0.2) is 13.8 Å². The molecule has 30 heavy (non-hydrogen) atoms. The lowest BCUT2D eigenvalue weighted by atomic mass is 10.2. The van der Waals surface area contributed by atoms with Crippen molar-refractivity contribution in [1.29, 1.82) is 0 Å². The molecule has 10 heteroatoms. The summed E-state index contributed by atoms with van der Waals surface area (Å²) in [7, 11) is -3.52. The molecule has 2 aromatic rings. The molecule has 3 rings (SSSR count). The van der Waals surface area contributed by atoms with Crippen molar-refractivity contribution < 1.29 is 13.2 Å². The Hall–Kier alpha value is -1.97. The highest BCUT2D eigenvalue weighted by Crippen LogP contribution is 2.22. The lowest BCUT2D eigenvalue weighted by molar-refractivity contribution is -0.122. The Morgan fingerprint density at radius 3 is 2.37 bits per heavy atom. The lowest BCUT2D eigenvalue weighted by Gasteiger charge is -2.33. The molecule has 160 valence electrons. The summed E-state index contributed by atoms with van der Waals surface area (Å²) in [6.07, 6.45) is 1.48. The van der Waals surface area contributed by atoms with E-state index in [1.807, 2.05) is 11.8 Å². The standard InChI is InChI=1S/C20H22Cl2N4O3S/c1-15-2-5-17(6-3-15)30(28,29)26-10-8-25(9-11-26)14-20(27)24-23-13-16-4-7-18(21)19(22)12-16/h2-7,12-13H,8-11,14H2,1H3,(H,24,27). The first-order chi connectivity index (χ1) is 14.3. The summed E-state index contributed by atoms with van der Waals surface area (Å²) < 4.78 is 26.9. The Kier molecular flexibility index (Phi) is 7.49. The Balaban J connectivity index is 1.48. The molecule has 1 fully saturated rings. The SMILES string of the molecule is Cc1ccc(S(=O)(=O)N2CCN(CC(=O)NN=Cc3ccc(Cl)c(Cl)c3)CC2)cc1. The molecule has 0 aromatic heterocycles. The largest absolute Gasteiger partial charge is 0.292 e. The maximum Gasteiger partial charge on any atom is 0.254 e. The number of nitrogens with zero attached hydrogens (tertiary/aromatic N) is 3. The summed E-state index contributed by atoms with van der Waals surface area (Å²) in [5.74, 6) is -0.277. The van der Waals surface area contributed by atoms with Crippen LogP contribution in [0.5, 0.6) is 0 Å². The number of amides is 1. The second-order valence-electron chi connectivity index (χ2n) is 6.96. The summed E-state index contributed by atoms with van der Waals surface area (Å²) >= 11 is 11.8. The number of aryl methyl sites for hydroxylation is 1. The van der Waals surface area contributed by atoms with E-state index in [1.165, 1.54) is 10.5 Å². The van der Waals surface area contributed by atoms with Crippen molar-refractivity contribution in [2.75, 3.05) is 32.7 Å². The van der Waals surface area contributed by atoms with E-state index in [4.69, 9.17) is 23.2 Å². The first-order valence-electron chi connectivity index (χ1n) is 9.32. The zero-order valence-corrected chi connectivity index (χ0v) is 18.7. The fourth-order valence-electron chi connectivity index (χ4n) is 3.00. The van der Waals surface area contributed by atoms with Gasteiger partial charge in [0.15, 0.2) is 0 Å². The van der Waals surface area contributed by atoms with Gasteiger partial charge in [-0.15, -0.1) is 0 Å². The molecular weight excluding hydrogens is 447 g/mol. The third kappa shape index (κ3) is 5.80. The average molecular weight is 469 g/mol. The van der Waals surface area contributed by atoms with E-state index in [1.54, 1.807) is 42.5 Å². The second kappa shape index (κ2) is 9.89. The number of carbonyl (C=O) groups excluding carboxylic acids is 1. The molecule has 0 atom stereocenters. The van der Waals surface area contributed by atoms with Crippen molar-refractivity contribution in [1.82, 2.24) is 14.6 Å². The highest BCUT2D eigenvalue weighted by molar-refractivity contribution is 7.89. The molecule has 0 spiro atoms. The van der Waals surface area contributed by atoms with Crippen molar-refractivity contribution in [3.63, 3.8) is 0 Å². The number of benzene rings is 2. The number of halogens is 2. The molecule has 1 aliphatic rings. The smallest absolute Gasteiger partial charge is 0.254 e. The van der Waals surface area contributed by atoms with Gasteiger partial charge in [-0.05, 0) is 36.8 Å². The topological polar surface area (TPSA) is 82.1 Å².